The molecule has 4 nitrogen and oxygen atoms in total. The second-order valence-electron chi connectivity index (χ2n) is 5.53. The van der Waals surface area contributed by atoms with Gasteiger partial charge in [0, 0.05) is 18.8 Å². The quantitative estimate of drug-likeness (QED) is 0.866. The van der Waals surface area contributed by atoms with E-state index in [0.29, 0.717) is 0 Å². The van der Waals surface area contributed by atoms with Crippen molar-refractivity contribution in [2.45, 2.75) is 39.2 Å². The molecular weight excluding hydrogens is 252 g/mol. The molecule has 1 aromatic carbocycles. The fourth-order valence-corrected chi connectivity index (χ4v) is 2.88. The normalized spacial score (nSPS) is 19.2. The molecule has 2 N–H and O–H groups in total. The first-order valence-corrected chi connectivity index (χ1v) is 7.35. The monoisotopic (exact) mass is 276 g/mol. The Morgan fingerprint density at radius 3 is 2.75 bits per heavy atom. The largest absolute Gasteiger partial charge is 0.396 e. The number of benzene rings is 1. The summed E-state index contributed by atoms with van der Waals surface area (Å²) >= 11 is 0. The highest BCUT2D eigenvalue weighted by atomic mass is 16.3. The van der Waals surface area contributed by atoms with Crippen molar-refractivity contribution in [3.8, 4) is 0 Å². The molecule has 0 aromatic heterocycles. The van der Waals surface area contributed by atoms with Crippen LogP contribution >= 0.6 is 0 Å². The summed E-state index contributed by atoms with van der Waals surface area (Å²) < 4.78 is 0. The molecule has 1 heterocycles. The SMILES string of the molecule is Cc1cccc(C)c1NC(=O)C1CCCN1CCCO. The van der Waals surface area contributed by atoms with Gasteiger partial charge in [-0.1, -0.05) is 18.2 Å². The summed E-state index contributed by atoms with van der Waals surface area (Å²) in [5.41, 5.74) is 3.13. The predicted molar refractivity (Wildman–Crippen MR) is 80.8 cm³/mol. The number of carbonyl (C=O) groups excluding carboxylic acids is 1. The molecule has 0 saturated carbocycles. The summed E-state index contributed by atoms with van der Waals surface area (Å²) in [5.74, 6) is 0.0813. The zero-order valence-corrected chi connectivity index (χ0v) is 12.4. The highest BCUT2D eigenvalue weighted by molar-refractivity contribution is 5.96. The topological polar surface area (TPSA) is 52.6 Å². The van der Waals surface area contributed by atoms with E-state index in [1.54, 1.807) is 0 Å². The second kappa shape index (κ2) is 6.86. The van der Waals surface area contributed by atoms with Crippen LogP contribution in [0.1, 0.15) is 30.4 Å². The molecule has 0 bridgehead atoms. The first kappa shape index (κ1) is 15.0. The summed E-state index contributed by atoms with van der Waals surface area (Å²) in [7, 11) is 0. The van der Waals surface area contributed by atoms with E-state index in [1.165, 1.54) is 0 Å². The van der Waals surface area contributed by atoms with E-state index in [4.69, 9.17) is 5.11 Å². The molecule has 1 amide bonds. The lowest BCUT2D eigenvalue weighted by molar-refractivity contribution is -0.120. The van der Waals surface area contributed by atoms with E-state index in [2.05, 4.69) is 10.2 Å². The third kappa shape index (κ3) is 3.38. The molecule has 0 aliphatic carbocycles. The van der Waals surface area contributed by atoms with Crippen molar-refractivity contribution in [1.29, 1.82) is 0 Å². The van der Waals surface area contributed by atoms with E-state index < -0.39 is 0 Å². The number of aliphatic hydroxyl groups is 1. The summed E-state index contributed by atoms with van der Waals surface area (Å²) in [4.78, 5) is 14.7. The van der Waals surface area contributed by atoms with Gasteiger partial charge in [-0.3, -0.25) is 9.69 Å². The molecule has 0 spiro atoms. The fourth-order valence-electron chi connectivity index (χ4n) is 2.88. The number of nitrogens with zero attached hydrogens (tertiary/aromatic N) is 1. The van der Waals surface area contributed by atoms with Gasteiger partial charge in [-0.15, -0.1) is 0 Å². The number of aryl methyl sites for hydroxylation is 2. The molecule has 20 heavy (non-hydrogen) atoms. The van der Waals surface area contributed by atoms with Gasteiger partial charge in [-0.2, -0.15) is 0 Å². The highest BCUT2D eigenvalue weighted by Gasteiger charge is 2.30. The number of carbonyl (C=O) groups is 1. The van der Waals surface area contributed by atoms with Gasteiger partial charge >= 0.3 is 0 Å². The number of aliphatic hydroxyl groups excluding tert-OH is 1. The Hall–Kier alpha value is -1.39. The first-order valence-electron chi connectivity index (χ1n) is 7.35. The minimum absolute atomic E-state index is 0.0550. The number of hydrogen-bond donors (Lipinski definition) is 2. The molecule has 1 fully saturated rings. The number of hydrogen-bond acceptors (Lipinski definition) is 3. The van der Waals surface area contributed by atoms with Crippen molar-refractivity contribution in [3.05, 3.63) is 29.3 Å². The lowest BCUT2D eigenvalue weighted by Crippen LogP contribution is -2.40. The maximum atomic E-state index is 12.5. The lowest BCUT2D eigenvalue weighted by atomic mass is 10.1. The Morgan fingerprint density at radius 1 is 1.40 bits per heavy atom. The van der Waals surface area contributed by atoms with Crippen molar-refractivity contribution in [1.82, 2.24) is 4.90 Å². The number of para-hydroxylation sites is 1. The van der Waals surface area contributed by atoms with Crippen LogP contribution in [0.3, 0.4) is 0 Å². The Kier molecular flexibility index (Phi) is 5.15. The van der Waals surface area contributed by atoms with Crippen molar-refractivity contribution in [3.63, 3.8) is 0 Å². The Labute approximate surface area is 120 Å². The maximum Gasteiger partial charge on any atom is 0.241 e. The molecule has 0 radical (unpaired) electrons. The van der Waals surface area contributed by atoms with Crippen LogP contribution in [0.15, 0.2) is 18.2 Å². The standard InChI is InChI=1S/C16H24N2O2/c1-12-6-3-7-13(2)15(12)17-16(20)14-8-4-9-18(14)10-5-11-19/h3,6-7,14,19H,4-5,8-11H2,1-2H3,(H,17,20). The number of rotatable bonds is 5. The van der Waals surface area contributed by atoms with Crippen molar-refractivity contribution in [2.24, 2.45) is 0 Å². The van der Waals surface area contributed by atoms with E-state index >= 15 is 0 Å². The Balaban J connectivity index is 2.04. The molecule has 2 rings (SSSR count). The van der Waals surface area contributed by atoms with Gasteiger partial charge in [-0.05, 0) is 50.8 Å². The fraction of sp³-hybridized carbons (Fsp3) is 0.562. The van der Waals surface area contributed by atoms with E-state index in [-0.39, 0.29) is 18.6 Å². The molecule has 1 unspecified atom stereocenters. The third-order valence-electron chi connectivity index (χ3n) is 4.00. The summed E-state index contributed by atoms with van der Waals surface area (Å²) in [6.45, 7) is 5.95. The zero-order chi connectivity index (χ0) is 14.5. The van der Waals surface area contributed by atoms with Crippen LogP contribution in [0.2, 0.25) is 0 Å². The van der Waals surface area contributed by atoms with Crippen LogP contribution in [0, 0.1) is 13.8 Å². The maximum absolute atomic E-state index is 12.5. The van der Waals surface area contributed by atoms with Crippen molar-refractivity contribution >= 4 is 11.6 Å². The molecular formula is C16H24N2O2. The van der Waals surface area contributed by atoms with Gasteiger partial charge < -0.3 is 10.4 Å². The number of amides is 1. The molecule has 1 aromatic rings. The van der Waals surface area contributed by atoms with Gasteiger partial charge in [0.15, 0.2) is 0 Å². The van der Waals surface area contributed by atoms with Gasteiger partial charge in [0.25, 0.3) is 0 Å². The van der Waals surface area contributed by atoms with Crippen LogP contribution in [-0.4, -0.2) is 41.7 Å². The van der Waals surface area contributed by atoms with Gasteiger partial charge in [0.2, 0.25) is 5.91 Å². The zero-order valence-electron chi connectivity index (χ0n) is 12.4. The Bertz CT molecular complexity index is 453. The molecule has 4 heteroatoms. The lowest BCUT2D eigenvalue weighted by Gasteiger charge is -2.24. The molecule has 1 aliphatic heterocycles. The van der Waals surface area contributed by atoms with Crippen LogP contribution in [0.25, 0.3) is 0 Å². The Morgan fingerprint density at radius 2 is 2.10 bits per heavy atom. The van der Waals surface area contributed by atoms with Crippen molar-refractivity contribution in [2.75, 3.05) is 25.0 Å². The van der Waals surface area contributed by atoms with Crippen LogP contribution in [-0.2, 0) is 4.79 Å². The number of likely N-dealkylation sites (tertiary alicyclic amines) is 1. The van der Waals surface area contributed by atoms with E-state index in [1.807, 2.05) is 32.0 Å². The molecule has 1 saturated heterocycles. The van der Waals surface area contributed by atoms with Gasteiger partial charge in [0.05, 0.1) is 6.04 Å². The van der Waals surface area contributed by atoms with Gasteiger partial charge in [-0.25, -0.2) is 0 Å². The summed E-state index contributed by atoms with van der Waals surface area (Å²) in [6, 6.07) is 5.98. The summed E-state index contributed by atoms with van der Waals surface area (Å²) in [5, 5.41) is 12.0. The molecule has 1 aliphatic rings. The number of nitrogens with one attached hydrogen (secondary N) is 1. The van der Waals surface area contributed by atoms with Gasteiger partial charge in [0.1, 0.15) is 0 Å². The average Bonchev–Trinajstić information content (AvgIpc) is 2.89. The van der Waals surface area contributed by atoms with Crippen LogP contribution in [0.5, 0.6) is 0 Å². The molecule has 1 atom stereocenters. The van der Waals surface area contributed by atoms with E-state index in [0.717, 1.165) is 49.2 Å². The summed E-state index contributed by atoms with van der Waals surface area (Å²) in [6.07, 6.45) is 2.69. The third-order valence-corrected chi connectivity index (χ3v) is 4.00. The minimum atomic E-state index is -0.0550. The predicted octanol–water partition coefficient (Wildman–Crippen LogP) is 2.09. The average molecular weight is 276 g/mol. The first-order chi connectivity index (χ1) is 9.63. The van der Waals surface area contributed by atoms with Crippen LogP contribution in [0.4, 0.5) is 5.69 Å². The minimum Gasteiger partial charge on any atom is -0.396 e. The number of anilines is 1. The van der Waals surface area contributed by atoms with Crippen molar-refractivity contribution < 1.29 is 9.90 Å². The van der Waals surface area contributed by atoms with E-state index in [9.17, 15) is 4.79 Å². The highest BCUT2D eigenvalue weighted by Crippen LogP contribution is 2.23. The second-order valence-corrected chi connectivity index (χ2v) is 5.53. The van der Waals surface area contributed by atoms with Crippen LogP contribution < -0.4 is 5.32 Å². The molecule has 110 valence electrons. The smallest absolute Gasteiger partial charge is 0.241 e.